The molecule has 1 amide bonds. The zero-order valence-corrected chi connectivity index (χ0v) is 11.2. The molecule has 0 spiro atoms. The second kappa shape index (κ2) is 4.56. The number of hydrogen-bond acceptors (Lipinski definition) is 2. The Hall–Kier alpha value is -1.06. The summed E-state index contributed by atoms with van der Waals surface area (Å²) < 4.78 is 0. The van der Waals surface area contributed by atoms with Crippen LogP contribution in [0.25, 0.3) is 0 Å². The summed E-state index contributed by atoms with van der Waals surface area (Å²) in [6.07, 6.45) is 2.60. The van der Waals surface area contributed by atoms with E-state index in [1.165, 1.54) is 12.8 Å². The lowest BCUT2D eigenvalue weighted by molar-refractivity contribution is -0.120. The minimum absolute atomic E-state index is 0.0724. The number of carbonyl (C=O) groups excluding carboxylic acids is 1. The predicted octanol–water partition coefficient (Wildman–Crippen LogP) is 2.89. The van der Waals surface area contributed by atoms with Crippen molar-refractivity contribution in [3.8, 4) is 0 Å². The Morgan fingerprint density at radius 2 is 2.22 bits per heavy atom. The van der Waals surface area contributed by atoms with E-state index in [0.29, 0.717) is 0 Å². The molecule has 2 aliphatic rings. The van der Waals surface area contributed by atoms with Gasteiger partial charge in [0.25, 0.3) is 0 Å². The van der Waals surface area contributed by atoms with Crippen LogP contribution in [0.1, 0.15) is 25.3 Å². The maximum absolute atomic E-state index is 12.1. The fraction of sp³-hybridized carbons (Fsp3) is 0.500. The van der Waals surface area contributed by atoms with Crippen molar-refractivity contribution < 1.29 is 4.79 Å². The average Bonchev–Trinajstić information content (AvgIpc) is 3.14. The molecular formula is C14H17ClN2O. The first-order valence-corrected chi connectivity index (χ1v) is 6.84. The summed E-state index contributed by atoms with van der Waals surface area (Å²) in [5.74, 6) is 0.859. The van der Waals surface area contributed by atoms with Gasteiger partial charge >= 0.3 is 0 Å². The van der Waals surface area contributed by atoms with Gasteiger partial charge < -0.3 is 5.32 Å². The molecule has 1 aromatic rings. The molecule has 0 saturated heterocycles. The van der Waals surface area contributed by atoms with Gasteiger partial charge in [-0.3, -0.25) is 9.69 Å². The van der Waals surface area contributed by atoms with E-state index in [0.717, 1.165) is 35.3 Å². The van der Waals surface area contributed by atoms with E-state index in [-0.39, 0.29) is 11.9 Å². The molecule has 1 heterocycles. The first kappa shape index (κ1) is 12.0. The van der Waals surface area contributed by atoms with E-state index in [1.807, 2.05) is 25.1 Å². The number of nitrogens with zero attached hydrogens (tertiary/aromatic N) is 1. The summed E-state index contributed by atoms with van der Waals surface area (Å²) in [5, 5.41) is 3.71. The number of fused-ring (bicyclic) bond motifs is 1. The van der Waals surface area contributed by atoms with Crippen LogP contribution in [0.5, 0.6) is 0 Å². The van der Waals surface area contributed by atoms with E-state index < -0.39 is 0 Å². The summed E-state index contributed by atoms with van der Waals surface area (Å²) in [7, 11) is 0. The van der Waals surface area contributed by atoms with Crippen LogP contribution in [0.2, 0.25) is 5.02 Å². The van der Waals surface area contributed by atoms with Gasteiger partial charge in [0.15, 0.2) is 0 Å². The smallest absolute Gasteiger partial charge is 0.241 e. The average molecular weight is 265 g/mol. The summed E-state index contributed by atoms with van der Waals surface area (Å²) in [6, 6.07) is 5.59. The van der Waals surface area contributed by atoms with Gasteiger partial charge in [-0.25, -0.2) is 0 Å². The summed E-state index contributed by atoms with van der Waals surface area (Å²) in [5.41, 5.74) is 2.01. The molecule has 1 N–H and O–H groups in total. The predicted molar refractivity (Wildman–Crippen MR) is 72.7 cm³/mol. The van der Waals surface area contributed by atoms with Crippen molar-refractivity contribution in [2.75, 3.05) is 11.9 Å². The van der Waals surface area contributed by atoms with Gasteiger partial charge in [-0.2, -0.15) is 0 Å². The molecule has 1 saturated carbocycles. The Kier molecular flexibility index (Phi) is 3.04. The molecule has 1 fully saturated rings. The van der Waals surface area contributed by atoms with E-state index in [9.17, 15) is 4.79 Å². The molecule has 3 rings (SSSR count). The van der Waals surface area contributed by atoms with Gasteiger partial charge in [0, 0.05) is 23.8 Å². The van der Waals surface area contributed by atoms with Crippen molar-refractivity contribution >= 4 is 23.2 Å². The molecule has 1 atom stereocenters. The number of benzene rings is 1. The Morgan fingerprint density at radius 1 is 1.44 bits per heavy atom. The Balaban J connectivity index is 1.90. The van der Waals surface area contributed by atoms with E-state index in [2.05, 4.69) is 10.2 Å². The van der Waals surface area contributed by atoms with Crippen LogP contribution < -0.4 is 5.32 Å². The number of halogens is 1. The minimum atomic E-state index is -0.0724. The largest absolute Gasteiger partial charge is 0.324 e. The minimum Gasteiger partial charge on any atom is -0.324 e. The van der Waals surface area contributed by atoms with Crippen LogP contribution in [-0.4, -0.2) is 23.4 Å². The molecule has 18 heavy (non-hydrogen) atoms. The number of hydrogen-bond donors (Lipinski definition) is 1. The number of carbonyl (C=O) groups is 1. The van der Waals surface area contributed by atoms with Crippen LogP contribution in [0.15, 0.2) is 18.2 Å². The summed E-state index contributed by atoms with van der Waals surface area (Å²) in [4.78, 5) is 14.3. The van der Waals surface area contributed by atoms with Gasteiger partial charge in [-0.15, -0.1) is 0 Å². The van der Waals surface area contributed by atoms with Crippen LogP contribution >= 0.6 is 11.6 Å². The molecule has 1 aliphatic carbocycles. The highest BCUT2D eigenvalue weighted by Gasteiger charge is 2.31. The van der Waals surface area contributed by atoms with Gasteiger partial charge in [0.2, 0.25) is 5.91 Å². The highest BCUT2D eigenvalue weighted by Crippen LogP contribution is 2.33. The molecule has 4 heteroatoms. The quantitative estimate of drug-likeness (QED) is 0.891. The summed E-state index contributed by atoms with van der Waals surface area (Å²) >= 11 is 6.04. The van der Waals surface area contributed by atoms with Crippen LogP contribution in [0.3, 0.4) is 0 Å². The lowest BCUT2D eigenvalue weighted by Gasteiger charge is -2.25. The highest BCUT2D eigenvalue weighted by atomic mass is 35.5. The zero-order chi connectivity index (χ0) is 12.7. The number of anilines is 1. The maximum Gasteiger partial charge on any atom is 0.241 e. The lowest BCUT2D eigenvalue weighted by atomic mass is 10.1. The standard InChI is InChI=1S/C14H17ClN2O/c1-9-14(18)16-13-5-4-12(15)6-11(13)8-17(9)7-10-2-3-10/h4-6,9-10H,2-3,7-8H2,1H3,(H,16,18)/t9-/m0/s1. The maximum atomic E-state index is 12.1. The van der Waals surface area contributed by atoms with Crippen molar-refractivity contribution in [3.63, 3.8) is 0 Å². The lowest BCUT2D eigenvalue weighted by Crippen LogP contribution is -2.40. The fourth-order valence-electron chi connectivity index (χ4n) is 2.43. The van der Waals surface area contributed by atoms with Gasteiger partial charge in [-0.1, -0.05) is 11.6 Å². The van der Waals surface area contributed by atoms with Crippen molar-refractivity contribution in [2.24, 2.45) is 5.92 Å². The third-order valence-corrected chi connectivity index (χ3v) is 4.05. The molecule has 1 aromatic carbocycles. The van der Waals surface area contributed by atoms with Gasteiger partial charge in [-0.05, 0) is 49.4 Å². The molecule has 0 unspecified atom stereocenters. The summed E-state index contributed by atoms with van der Waals surface area (Å²) in [6.45, 7) is 3.79. The molecule has 0 bridgehead atoms. The van der Waals surface area contributed by atoms with E-state index >= 15 is 0 Å². The van der Waals surface area contributed by atoms with Crippen molar-refractivity contribution in [2.45, 2.75) is 32.4 Å². The van der Waals surface area contributed by atoms with E-state index in [4.69, 9.17) is 11.6 Å². The molecule has 0 aromatic heterocycles. The molecule has 96 valence electrons. The van der Waals surface area contributed by atoms with Crippen molar-refractivity contribution in [1.82, 2.24) is 4.90 Å². The topological polar surface area (TPSA) is 32.3 Å². The van der Waals surface area contributed by atoms with Crippen LogP contribution in [0, 0.1) is 5.92 Å². The zero-order valence-electron chi connectivity index (χ0n) is 10.4. The number of amides is 1. The number of rotatable bonds is 2. The first-order valence-electron chi connectivity index (χ1n) is 6.47. The van der Waals surface area contributed by atoms with Crippen LogP contribution in [0.4, 0.5) is 5.69 Å². The normalized spacial score (nSPS) is 24.3. The Morgan fingerprint density at radius 3 is 2.94 bits per heavy atom. The SMILES string of the molecule is C[C@H]1C(=O)Nc2ccc(Cl)cc2CN1CC1CC1. The van der Waals surface area contributed by atoms with E-state index in [1.54, 1.807) is 0 Å². The van der Waals surface area contributed by atoms with Gasteiger partial charge in [0.05, 0.1) is 6.04 Å². The number of nitrogens with one attached hydrogen (secondary N) is 1. The molecular weight excluding hydrogens is 248 g/mol. The second-order valence-corrected chi connectivity index (χ2v) is 5.78. The second-order valence-electron chi connectivity index (χ2n) is 5.34. The first-order chi connectivity index (χ1) is 8.63. The fourth-order valence-corrected chi connectivity index (χ4v) is 2.62. The third-order valence-electron chi connectivity index (χ3n) is 3.82. The monoisotopic (exact) mass is 264 g/mol. The highest BCUT2D eigenvalue weighted by molar-refractivity contribution is 6.30. The molecule has 3 nitrogen and oxygen atoms in total. The van der Waals surface area contributed by atoms with Gasteiger partial charge in [0.1, 0.15) is 0 Å². The molecule has 0 radical (unpaired) electrons. The third kappa shape index (κ3) is 2.38. The van der Waals surface area contributed by atoms with Crippen LogP contribution in [-0.2, 0) is 11.3 Å². The van der Waals surface area contributed by atoms with Crippen molar-refractivity contribution in [1.29, 1.82) is 0 Å². The Labute approximate surface area is 112 Å². The van der Waals surface area contributed by atoms with Crippen molar-refractivity contribution in [3.05, 3.63) is 28.8 Å². The Bertz CT molecular complexity index is 485. The molecule has 1 aliphatic heterocycles.